The lowest BCUT2D eigenvalue weighted by molar-refractivity contribution is -0.136. The maximum Gasteiger partial charge on any atom is 0.418 e. The van der Waals surface area contributed by atoms with Crippen molar-refractivity contribution in [1.29, 1.82) is 0 Å². The van der Waals surface area contributed by atoms with E-state index in [-0.39, 0.29) is 22.5 Å². The summed E-state index contributed by atoms with van der Waals surface area (Å²) >= 11 is 0. The van der Waals surface area contributed by atoms with Crippen molar-refractivity contribution in [3.8, 4) is 11.4 Å². The van der Waals surface area contributed by atoms with Crippen molar-refractivity contribution < 1.29 is 18.3 Å². The summed E-state index contributed by atoms with van der Waals surface area (Å²) in [6.07, 6.45) is -4.53. The number of fused-ring (bicyclic) bond motifs is 2. The average Bonchev–Trinajstić information content (AvgIpc) is 2.97. The monoisotopic (exact) mass is 329 g/mol. The van der Waals surface area contributed by atoms with Crippen LogP contribution >= 0.6 is 0 Å². The minimum Gasteiger partial charge on any atom is -0.506 e. The third-order valence-electron chi connectivity index (χ3n) is 3.80. The van der Waals surface area contributed by atoms with Gasteiger partial charge in [0.15, 0.2) is 0 Å². The van der Waals surface area contributed by atoms with Gasteiger partial charge in [-0.3, -0.25) is 0 Å². The Morgan fingerprint density at radius 3 is 2.46 bits per heavy atom. The van der Waals surface area contributed by atoms with Gasteiger partial charge in [0.05, 0.1) is 5.56 Å². The number of rotatable bonds is 1. The Bertz CT molecular complexity index is 1070. The van der Waals surface area contributed by atoms with Gasteiger partial charge in [0.25, 0.3) is 0 Å². The summed E-state index contributed by atoms with van der Waals surface area (Å²) in [6.45, 7) is 0. The van der Waals surface area contributed by atoms with E-state index in [4.69, 9.17) is 0 Å². The Morgan fingerprint density at radius 2 is 1.67 bits per heavy atom. The van der Waals surface area contributed by atoms with Crippen LogP contribution in [0.15, 0.2) is 54.6 Å². The molecule has 120 valence electrons. The van der Waals surface area contributed by atoms with Crippen LogP contribution in [0.5, 0.6) is 5.75 Å². The van der Waals surface area contributed by atoms with Crippen molar-refractivity contribution >= 4 is 21.8 Å². The van der Waals surface area contributed by atoms with E-state index >= 15 is 0 Å². The van der Waals surface area contributed by atoms with Crippen LogP contribution in [-0.4, -0.2) is 20.1 Å². The molecule has 3 aromatic carbocycles. The minimum atomic E-state index is -4.53. The molecule has 0 saturated heterocycles. The second-order valence-electron chi connectivity index (χ2n) is 5.31. The molecule has 4 rings (SSSR count). The predicted molar refractivity (Wildman–Crippen MR) is 83.0 cm³/mol. The molecule has 4 aromatic rings. The Kier molecular flexibility index (Phi) is 2.99. The normalized spacial score (nSPS) is 12.1. The Labute approximate surface area is 133 Å². The van der Waals surface area contributed by atoms with Crippen molar-refractivity contribution in [1.82, 2.24) is 15.0 Å². The first kappa shape index (κ1) is 14.5. The molecule has 1 N–H and O–H groups in total. The number of alkyl halides is 3. The Morgan fingerprint density at radius 1 is 0.875 bits per heavy atom. The highest BCUT2D eigenvalue weighted by Crippen LogP contribution is 2.35. The lowest BCUT2D eigenvalue weighted by Crippen LogP contribution is -2.06. The van der Waals surface area contributed by atoms with E-state index in [9.17, 15) is 18.3 Å². The summed E-state index contributed by atoms with van der Waals surface area (Å²) in [6, 6.07) is 14.1. The lowest BCUT2D eigenvalue weighted by Gasteiger charge is -2.07. The topological polar surface area (TPSA) is 50.9 Å². The van der Waals surface area contributed by atoms with Gasteiger partial charge in [-0.2, -0.15) is 13.2 Å². The number of halogens is 3. The second-order valence-corrected chi connectivity index (χ2v) is 5.31. The van der Waals surface area contributed by atoms with E-state index in [2.05, 4.69) is 10.2 Å². The molecule has 1 heterocycles. The summed E-state index contributed by atoms with van der Waals surface area (Å²) in [5.41, 5.74) is -0.752. The van der Waals surface area contributed by atoms with Gasteiger partial charge >= 0.3 is 6.18 Å². The van der Waals surface area contributed by atoms with Gasteiger partial charge < -0.3 is 5.11 Å². The number of nitrogens with zero attached hydrogens (tertiary/aromatic N) is 3. The highest BCUT2D eigenvalue weighted by Gasteiger charge is 2.34. The molecule has 0 unspecified atom stereocenters. The van der Waals surface area contributed by atoms with Crippen LogP contribution in [0.2, 0.25) is 0 Å². The zero-order valence-corrected chi connectivity index (χ0v) is 12.1. The third-order valence-corrected chi connectivity index (χ3v) is 3.80. The van der Waals surface area contributed by atoms with Gasteiger partial charge in [0.1, 0.15) is 22.5 Å². The molecule has 4 nitrogen and oxygen atoms in total. The molecule has 1 aromatic heterocycles. The SMILES string of the molecule is Oc1ccc2ccccc2c1-n1nc2cccc(C(F)(F)F)c2n1. The van der Waals surface area contributed by atoms with Crippen molar-refractivity contribution in [3.05, 3.63) is 60.2 Å². The highest BCUT2D eigenvalue weighted by atomic mass is 19.4. The van der Waals surface area contributed by atoms with Crippen molar-refractivity contribution in [2.75, 3.05) is 0 Å². The molecule has 0 aliphatic carbocycles. The molecule has 0 aliphatic rings. The molecule has 0 saturated carbocycles. The lowest BCUT2D eigenvalue weighted by atomic mass is 10.1. The van der Waals surface area contributed by atoms with Crippen LogP contribution in [0, 0.1) is 0 Å². The molecule has 0 radical (unpaired) electrons. The zero-order valence-electron chi connectivity index (χ0n) is 12.1. The zero-order chi connectivity index (χ0) is 16.9. The van der Waals surface area contributed by atoms with Gasteiger partial charge in [0.2, 0.25) is 0 Å². The molecule has 0 atom stereocenters. The molecule has 24 heavy (non-hydrogen) atoms. The fourth-order valence-electron chi connectivity index (χ4n) is 2.72. The molecular weight excluding hydrogens is 319 g/mol. The molecule has 0 bridgehead atoms. The quantitative estimate of drug-likeness (QED) is 0.566. The fourth-order valence-corrected chi connectivity index (χ4v) is 2.72. The number of phenolic OH excluding ortho intramolecular Hbond substituents is 1. The number of hydrogen-bond acceptors (Lipinski definition) is 3. The van der Waals surface area contributed by atoms with E-state index in [1.165, 1.54) is 18.2 Å². The van der Waals surface area contributed by atoms with E-state index in [1.54, 1.807) is 18.2 Å². The molecule has 0 fully saturated rings. The first-order valence-corrected chi connectivity index (χ1v) is 7.09. The standard InChI is InChI=1S/C17H10F3N3O/c18-17(19,20)12-6-3-7-13-15(12)22-23(21-13)16-11-5-2-1-4-10(11)8-9-14(16)24/h1-9,24H. The van der Waals surface area contributed by atoms with Gasteiger partial charge in [-0.15, -0.1) is 15.0 Å². The van der Waals surface area contributed by atoms with Crippen molar-refractivity contribution in [2.24, 2.45) is 0 Å². The van der Waals surface area contributed by atoms with Gasteiger partial charge in [-0.05, 0) is 23.6 Å². The third kappa shape index (κ3) is 2.17. The van der Waals surface area contributed by atoms with Crippen LogP contribution in [-0.2, 0) is 6.18 Å². The number of hydrogen-bond donors (Lipinski definition) is 1. The summed E-state index contributed by atoms with van der Waals surface area (Å²) in [5, 5.41) is 19.8. The number of benzene rings is 3. The summed E-state index contributed by atoms with van der Waals surface area (Å²) in [7, 11) is 0. The summed E-state index contributed by atoms with van der Waals surface area (Å²) in [4.78, 5) is 1.05. The van der Waals surface area contributed by atoms with Crippen LogP contribution < -0.4 is 0 Å². The predicted octanol–water partition coefficient (Wildman–Crippen LogP) is 4.30. The van der Waals surface area contributed by atoms with Crippen LogP contribution in [0.4, 0.5) is 13.2 Å². The van der Waals surface area contributed by atoms with Crippen LogP contribution in [0.1, 0.15) is 5.56 Å². The maximum absolute atomic E-state index is 13.1. The highest BCUT2D eigenvalue weighted by molar-refractivity contribution is 5.93. The van der Waals surface area contributed by atoms with Crippen molar-refractivity contribution in [2.45, 2.75) is 6.18 Å². The molecule has 7 heteroatoms. The largest absolute Gasteiger partial charge is 0.506 e. The summed E-state index contributed by atoms with van der Waals surface area (Å²) < 4.78 is 39.4. The smallest absolute Gasteiger partial charge is 0.418 e. The number of aromatic hydroxyl groups is 1. The first-order valence-electron chi connectivity index (χ1n) is 7.09. The van der Waals surface area contributed by atoms with Crippen LogP contribution in [0.3, 0.4) is 0 Å². The van der Waals surface area contributed by atoms with E-state index in [0.717, 1.165) is 16.2 Å². The Balaban J connectivity index is 2.04. The van der Waals surface area contributed by atoms with E-state index in [0.29, 0.717) is 5.39 Å². The first-order chi connectivity index (χ1) is 11.4. The average molecular weight is 329 g/mol. The number of aromatic nitrogens is 3. The number of phenols is 1. The summed E-state index contributed by atoms with van der Waals surface area (Å²) in [5.74, 6) is -0.109. The van der Waals surface area contributed by atoms with Gasteiger partial charge in [-0.1, -0.05) is 36.4 Å². The fraction of sp³-hybridized carbons (Fsp3) is 0.0588. The van der Waals surface area contributed by atoms with Crippen LogP contribution in [0.25, 0.3) is 27.5 Å². The molecule has 0 amide bonds. The second kappa shape index (κ2) is 4.95. The molecule has 0 aliphatic heterocycles. The Hall–Kier alpha value is -3.09. The van der Waals surface area contributed by atoms with Gasteiger partial charge in [0, 0.05) is 5.39 Å². The van der Waals surface area contributed by atoms with E-state index < -0.39 is 11.7 Å². The molecular formula is C17H10F3N3O. The van der Waals surface area contributed by atoms with E-state index in [1.807, 2.05) is 12.1 Å². The maximum atomic E-state index is 13.1. The van der Waals surface area contributed by atoms with Crippen molar-refractivity contribution in [3.63, 3.8) is 0 Å². The minimum absolute atomic E-state index is 0.108. The van der Waals surface area contributed by atoms with Gasteiger partial charge in [-0.25, -0.2) is 0 Å². The molecule has 0 spiro atoms.